The van der Waals surface area contributed by atoms with Crippen LogP contribution in [-0.2, 0) is 4.79 Å². The molecule has 0 amide bonds. The Morgan fingerprint density at radius 1 is 1.33 bits per heavy atom. The smallest absolute Gasteiger partial charge is 0.328 e. The van der Waals surface area contributed by atoms with Crippen molar-refractivity contribution in [1.82, 2.24) is 0 Å². The van der Waals surface area contributed by atoms with Gasteiger partial charge in [0.25, 0.3) is 0 Å². The van der Waals surface area contributed by atoms with Gasteiger partial charge in [-0.25, -0.2) is 4.79 Å². The summed E-state index contributed by atoms with van der Waals surface area (Å²) in [5.41, 5.74) is 2.24. The molecule has 0 unspecified atom stereocenters. The van der Waals surface area contributed by atoms with Gasteiger partial charge in [-0.1, -0.05) is 31.5 Å². The van der Waals surface area contributed by atoms with E-state index >= 15 is 0 Å². The Morgan fingerprint density at radius 2 is 2.10 bits per heavy atom. The number of hydrogen-bond acceptors (Lipinski definition) is 2. The third-order valence-electron chi connectivity index (χ3n) is 4.07. The fourth-order valence-corrected chi connectivity index (χ4v) is 3.02. The molecule has 0 aromatic heterocycles. The number of benzene rings is 1. The van der Waals surface area contributed by atoms with Gasteiger partial charge in [-0.15, -0.1) is 0 Å². The van der Waals surface area contributed by atoms with Crippen molar-refractivity contribution in [2.24, 2.45) is 5.41 Å². The molecule has 0 spiro atoms. The van der Waals surface area contributed by atoms with Gasteiger partial charge in [0, 0.05) is 19.2 Å². The minimum Gasteiger partial charge on any atom is -0.478 e. The van der Waals surface area contributed by atoms with E-state index in [1.807, 2.05) is 18.2 Å². The zero-order valence-electron chi connectivity index (χ0n) is 12.6. The van der Waals surface area contributed by atoms with Gasteiger partial charge < -0.3 is 10.0 Å². The van der Waals surface area contributed by atoms with Crippen LogP contribution in [0.2, 0.25) is 5.02 Å². The molecule has 21 heavy (non-hydrogen) atoms. The number of carboxylic acid groups (broad SMARTS) is 1. The number of anilines is 1. The minimum atomic E-state index is -0.954. The van der Waals surface area contributed by atoms with Crippen LogP contribution in [0, 0.1) is 5.41 Å². The number of carbonyl (C=O) groups is 1. The second-order valence-corrected chi connectivity index (χ2v) is 6.79. The minimum absolute atomic E-state index is 0.394. The van der Waals surface area contributed by atoms with Crippen LogP contribution in [0.15, 0.2) is 24.3 Å². The van der Waals surface area contributed by atoms with Crippen LogP contribution in [0.25, 0.3) is 6.08 Å². The molecule has 1 aliphatic heterocycles. The van der Waals surface area contributed by atoms with E-state index in [2.05, 4.69) is 18.7 Å². The molecule has 1 heterocycles. The molecule has 1 N–H and O–H groups in total. The largest absolute Gasteiger partial charge is 0.478 e. The van der Waals surface area contributed by atoms with Crippen molar-refractivity contribution in [1.29, 1.82) is 0 Å². The molecular weight excluding hydrogens is 286 g/mol. The summed E-state index contributed by atoms with van der Waals surface area (Å²) < 4.78 is 0. The topological polar surface area (TPSA) is 40.5 Å². The standard InChI is InChI=1S/C17H22ClNO2/c1-17(2)8-3-10-19(11-9-17)15-6-4-13(12-14(15)18)5-7-16(20)21/h4-7,12H,3,8-11H2,1-2H3,(H,20,21)/b7-5+. The first-order chi connectivity index (χ1) is 9.87. The number of hydrogen-bond donors (Lipinski definition) is 1. The van der Waals surface area contributed by atoms with E-state index in [0.29, 0.717) is 10.4 Å². The van der Waals surface area contributed by atoms with E-state index in [0.717, 1.165) is 36.8 Å². The van der Waals surface area contributed by atoms with Crippen LogP contribution < -0.4 is 4.90 Å². The highest BCUT2D eigenvalue weighted by atomic mass is 35.5. The van der Waals surface area contributed by atoms with Crippen LogP contribution >= 0.6 is 11.6 Å². The molecule has 4 heteroatoms. The fourth-order valence-electron chi connectivity index (χ4n) is 2.71. The maximum Gasteiger partial charge on any atom is 0.328 e. The normalized spacial score (nSPS) is 18.7. The number of halogens is 1. The number of carboxylic acids is 1. The summed E-state index contributed by atoms with van der Waals surface area (Å²) in [4.78, 5) is 12.9. The lowest BCUT2D eigenvalue weighted by atomic mass is 9.85. The molecule has 0 radical (unpaired) electrons. The summed E-state index contributed by atoms with van der Waals surface area (Å²) in [6, 6.07) is 5.73. The van der Waals surface area contributed by atoms with E-state index < -0.39 is 5.97 Å². The van der Waals surface area contributed by atoms with Gasteiger partial charge in [0.15, 0.2) is 0 Å². The molecule has 0 atom stereocenters. The Kier molecular flexibility index (Phi) is 4.94. The monoisotopic (exact) mass is 307 g/mol. The first-order valence-electron chi connectivity index (χ1n) is 7.33. The second-order valence-electron chi connectivity index (χ2n) is 6.39. The van der Waals surface area contributed by atoms with E-state index in [9.17, 15) is 4.79 Å². The molecule has 1 aliphatic rings. The Labute approximate surface area is 131 Å². The molecule has 3 nitrogen and oxygen atoms in total. The maximum absolute atomic E-state index is 10.5. The molecular formula is C17H22ClNO2. The lowest BCUT2D eigenvalue weighted by molar-refractivity contribution is -0.131. The molecule has 1 aromatic rings. The van der Waals surface area contributed by atoms with Crippen molar-refractivity contribution in [2.75, 3.05) is 18.0 Å². The average Bonchev–Trinajstić information content (AvgIpc) is 2.58. The predicted molar refractivity (Wildman–Crippen MR) is 88.0 cm³/mol. The van der Waals surface area contributed by atoms with Crippen LogP contribution in [0.1, 0.15) is 38.7 Å². The van der Waals surface area contributed by atoms with Crippen molar-refractivity contribution < 1.29 is 9.90 Å². The lowest BCUT2D eigenvalue weighted by Gasteiger charge is -2.25. The highest BCUT2D eigenvalue weighted by Crippen LogP contribution is 2.34. The van der Waals surface area contributed by atoms with Gasteiger partial charge >= 0.3 is 5.97 Å². The van der Waals surface area contributed by atoms with Gasteiger partial charge in [-0.05, 0) is 48.4 Å². The van der Waals surface area contributed by atoms with Crippen LogP contribution in [0.5, 0.6) is 0 Å². The van der Waals surface area contributed by atoms with Crippen LogP contribution in [0.4, 0.5) is 5.69 Å². The molecule has 2 rings (SSSR count). The summed E-state index contributed by atoms with van der Waals surface area (Å²) in [6.07, 6.45) is 6.25. The molecule has 1 saturated heterocycles. The van der Waals surface area contributed by atoms with E-state index in [4.69, 9.17) is 16.7 Å². The highest BCUT2D eigenvalue weighted by molar-refractivity contribution is 6.33. The zero-order chi connectivity index (χ0) is 15.5. The lowest BCUT2D eigenvalue weighted by Crippen LogP contribution is -2.25. The van der Waals surface area contributed by atoms with Gasteiger partial charge in [0.1, 0.15) is 0 Å². The highest BCUT2D eigenvalue weighted by Gasteiger charge is 2.23. The van der Waals surface area contributed by atoms with Gasteiger partial charge in [0.05, 0.1) is 10.7 Å². The maximum atomic E-state index is 10.5. The van der Waals surface area contributed by atoms with Crippen molar-refractivity contribution in [3.63, 3.8) is 0 Å². The van der Waals surface area contributed by atoms with Crippen molar-refractivity contribution in [3.8, 4) is 0 Å². The van der Waals surface area contributed by atoms with Crippen molar-refractivity contribution >= 4 is 29.3 Å². The average molecular weight is 308 g/mol. The molecule has 114 valence electrons. The Balaban J connectivity index is 2.15. The SMILES string of the molecule is CC1(C)CCCN(c2ccc(/C=C/C(=O)O)cc2Cl)CC1. The summed E-state index contributed by atoms with van der Waals surface area (Å²) >= 11 is 6.38. The third-order valence-corrected chi connectivity index (χ3v) is 4.37. The molecule has 0 bridgehead atoms. The first kappa shape index (κ1) is 15.9. The Bertz CT molecular complexity index is 552. The van der Waals surface area contributed by atoms with Crippen molar-refractivity contribution in [2.45, 2.75) is 33.1 Å². The van der Waals surface area contributed by atoms with Gasteiger partial charge in [-0.3, -0.25) is 0 Å². The number of nitrogens with zero attached hydrogens (tertiary/aromatic N) is 1. The Hall–Kier alpha value is -1.48. The van der Waals surface area contributed by atoms with Crippen molar-refractivity contribution in [3.05, 3.63) is 34.9 Å². The Morgan fingerprint density at radius 3 is 2.76 bits per heavy atom. The summed E-state index contributed by atoms with van der Waals surface area (Å²) in [7, 11) is 0. The van der Waals surface area contributed by atoms with Crippen LogP contribution in [0.3, 0.4) is 0 Å². The van der Waals surface area contributed by atoms with Crippen LogP contribution in [-0.4, -0.2) is 24.2 Å². The number of rotatable bonds is 3. The molecule has 1 fully saturated rings. The molecule has 1 aromatic carbocycles. The number of aliphatic carboxylic acids is 1. The second kappa shape index (κ2) is 6.52. The van der Waals surface area contributed by atoms with Gasteiger partial charge in [0.2, 0.25) is 0 Å². The quantitative estimate of drug-likeness (QED) is 0.838. The van der Waals surface area contributed by atoms with E-state index in [1.54, 1.807) is 6.08 Å². The molecule has 0 saturated carbocycles. The first-order valence-corrected chi connectivity index (χ1v) is 7.71. The van der Waals surface area contributed by atoms with E-state index in [1.165, 1.54) is 12.8 Å². The summed E-state index contributed by atoms with van der Waals surface area (Å²) in [5, 5.41) is 9.34. The third kappa shape index (κ3) is 4.50. The zero-order valence-corrected chi connectivity index (χ0v) is 13.4. The summed E-state index contributed by atoms with van der Waals surface area (Å²) in [5.74, 6) is -0.954. The van der Waals surface area contributed by atoms with E-state index in [-0.39, 0.29) is 0 Å². The summed E-state index contributed by atoms with van der Waals surface area (Å²) in [6.45, 7) is 6.67. The predicted octanol–water partition coefficient (Wildman–Crippen LogP) is 4.45. The molecule has 0 aliphatic carbocycles. The van der Waals surface area contributed by atoms with Gasteiger partial charge in [-0.2, -0.15) is 0 Å². The fraction of sp³-hybridized carbons (Fsp3) is 0.471.